The van der Waals surface area contributed by atoms with E-state index in [2.05, 4.69) is 0 Å². The number of hydrogen-bond acceptors (Lipinski definition) is 6. The van der Waals surface area contributed by atoms with Crippen LogP contribution in [-0.2, 0) is 26.6 Å². The number of aryl methyl sites for hydroxylation is 1. The van der Waals surface area contributed by atoms with Crippen LogP contribution in [0.25, 0.3) is 11.1 Å². The van der Waals surface area contributed by atoms with Gasteiger partial charge in [0.15, 0.2) is 5.58 Å². The first-order valence-corrected chi connectivity index (χ1v) is 10.8. The number of benzene rings is 1. The minimum absolute atomic E-state index is 0.00675. The smallest absolute Gasteiger partial charge is 0.408 e. The standard InChI is InChI=1S/C18H23N3O6S/c1-19-15-5-4-14(11-16(15)27-18(19)23)28(24,25)21-6-2-3-13(12-21)17(22)20-7-9-26-10-8-20/h4-5,11,13H,2-3,6-10,12H2,1H3. The van der Waals surface area contributed by atoms with Crippen LogP contribution >= 0.6 is 0 Å². The van der Waals surface area contributed by atoms with Crippen LogP contribution in [0.3, 0.4) is 0 Å². The van der Waals surface area contributed by atoms with Crippen molar-refractivity contribution in [1.82, 2.24) is 13.8 Å². The molecule has 1 aromatic carbocycles. The first-order valence-electron chi connectivity index (χ1n) is 9.34. The number of hydrogen-bond donors (Lipinski definition) is 0. The number of piperidine rings is 1. The summed E-state index contributed by atoms with van der Waals surface area (Å²) in [6.45, 7) is 2.66. The van der Waals surface area contributed by atoms with Gasteiger partial charge in [-0.2, -0.15) is 4.31 Å². The van der Waals surface area contributed by atoms with Crippen LogP contribution in [0, 0.1) is 5.92 Å². The maximum Gasteiger partial charge on any atom is 0.419 e. The average Bonchev–Trinajstić information content (AvgIpc) is 3.01. The van der Waals surface area contributed by atoms with Gasteiger partial charge >= 0.3 is 5.76 Å². The van der Waals surface area contributed by atoms with Crippen molar-refractivity contribution < 1.29 is 22.4 Å². The fourth-order valence-electron chi connectivity index (χ4n) is 3.83. The second kappa shape index (κ2) is 7.34. The highest BCUT2D eigenvalue weighted by Gasteiger charge is 2.35. The lowest BCUT2D eigenvalue weighted by Gasteiger charge is -2.35. The summed E-state index contributed by atoms with van der Waals surface area (Å²) >= 11 is 0. The molecule has 0 N–H and O–H groups in total. The Morgan fingerprint density at radius 3 is 2.68 bits per heavy atom. The van der Waals surface area contributed by atoms with Crippen LogP contribution in [0.2, 0.25) is 0 Å². The minimum atomic E-state index is -3.79. The van der Waals surface area contributed by atoms with Crippen LogP contribution in [0.4, 0.5) is 0 Å². The molecule has 152 valence electrons. The van der Waals surface area contributed by atoms with Gasteiger partial charge in [-0.3, -0.25) is 9.36 Å². The number of carbonyl (C=O) groups is 1. The van der Waals surface area contributed by atoms with E-state index in [1.807, 2.05) is 0 Å². The highest BCUT2D eigenvalue weighted by Crippen LogP contribution is 2.27. The zero-order chi connectivity index (χ0) is 19.9. The first-order chi connectivity index (χ1) is 13.4. The van der Waals surface area contributed by atoms with E-state index in [1.165, 1.54) is 21.0 Å². The molecule has 3 heterocycles. The van der Waals surface area contributed by atoms with Crippen molar-refractivity contribution in [3.63, 3.8) is 0 Å². The van der Waals surface area contributed by atoms with Crippen molar-refractivity contribution in [2.45, 2.75) is 17.7 Å². The normalized spacial score (nSPS) is 21.9. The van der Waals surface area contributed by atoms with Gasteiger partial charge in [0.25, 0.3) is 0 Å². The van der Waals surface area contributed by atoms with Gasteiger partial charge in [-0.25, -0.2) is 13.2 Å². The molecule has 1 amide bonds. The Morgan fingerprint density at radius 1 is 1.18 bits per heavy atom. The van der Waals surface area contributed by atoms with Crippen LogP contribution in [0.5, 0.6) is 0 Å². The summed E-state index contributed by atoms with van der Waals surface area (Å²) in [5.41, 5.74) is 0.759. The van der Waals surface area contributed by atoms with Gasteiger partial charge in [0.1, 0.15) is 0 Å². The van der Waals surface area contributed by atoms with Gasteiger partial charge < -0.3 is 14.1 Å². The maximum absolute atomic E-state index is 13.1. The Balaban J connectivity index is 1.56. The van der Waals surface area contributed by atoms with Gasteiger partial charge in [-0.05, 0) is 25.0 Å². The summed E-state index contributed by atoms with van der Waals surface area (Å²) in [4.78, 5) is 26.3. The van der Waals surface area contributed by atoms with Crippen molar-refractivity contribution in [1.29, 1.82) is 0 Å². The number of morpholine rings is 1. The molecule has 2 aliphatic heterocycles. The van der Waals surface area contributed by atoms with Gasteiger partial charge in [-0.15, -0.1) is 0 Å². The largest absolute Gasteiger partial charge is 0.419 e. The predicted molar refractivity (Wildman–Crippen MR) is 100 cm³/mol. The molecule has 28 heavy (non-hydrogen) atoms. The van der Waals surface area contributed by atoms with E-state index >= 15 is 0 Å². The van der Waals surface area contributed by atoms with Crippen LogP contribution in [0.1, 0.15) is 12.8 Å². The van der Waals surface area contributed by atoms with Gasteiger partial charge in [0.05, 0.1) is 29.5 Å². The third-order valence-corrected chi connectivity index (χ3v) is 7.32. The summed E-state index contributed by atoms with van der Waals surface area (Å²) in [6.07, 6.45) is 1.30. The third kappa shape index (κ3) is 3.36. The predicted octanol–water partition coefficient (Wildman–Crippen LogP) is 0.391. The Hall–Kier alpha value is -2.17. The first kappa shape index (κ1) is 19.2. The van der Waals surface area contributed by atoms with Crippen molar-refractivity contribution in [3.8, 4) is 0 Å². The van der Waals surface area contributed by atoms with Crippen molar-refractivity contribution in [3.05, 3.63) is 28.7 Å². The average molecular weight is 409 g/mol. The lowest BCUT2D eigenvalue weighted by molar-refractivity contribution is -0.140. The molecule has 0 aliphatic carbocycles. The zero-order valence-electron chi connectivity index (χ0n) is 15.7. The lowest BCUT2D eigenvalue weighted by Crippen LogP contribution is -2.49. The summed E-state index contributed by atoms with van der Waals surface area (Å²) in [6, 6.07) is 4.41. The van der Waals surface area contributed by atoms with E-state index in [9.17, 15) is 18.0 Å². The quantitative estimate of drug-likeness (QED) is 0.727. The van der Waals surface area contributed by atoms with E-state index in [0.717, 1.165) is 0 Å². The van der Waals surface area contributed by atoms with E-state index in [1.54, 1.807) is 18.0 Å². The molecule has 2 fully saturated rings. The molecule has 2 saturated heterocycles. The van der Waals surface area contributed by atoms with Crippen LogP contribution in [-0.4, -0.2) is 67.5 Å². The Bertz CT molecular complexity index is 1050. The van der Waals surface area contributed by atoms with Crippen molar-refractivity contribution >= 4 is 27.0 Å². The number of nitrogens with zero attached hydrogens (tertiary/aromatic N) is 3. The summed E-state index contributed by atoms with van der Waals surface area (Å²) in [5.74, 6) is -0.897. The molecule has 0 radical (unpaired) electrons. The number of carbonyl (C=O) groups excluding carboxylic acids is 1. The Kier molecular flexibility index (Phi) is 5.02. The Labute approximate surface area is 162 Å². The van der Waals surface area contributed by atoms with Crippen LogP contribution < -0.4 is 5.76 Å². The molecule has 0 bridgehead atoms. The lowest BCUT2D eigenvalue weighted by atomic mass is 9.98. The maximum atomic E-state index is 13.1. The molecular weight excluding hydrogens is 386 g/mol. The SMILES string of the molecule is Cn1c(=O)oc2cc(S(=O)(=O)N3CCCC(C(=O)N4CCOCC4)C3)ccc21. The summed E-state index contributed by atoms with van der Waals surface area (Å²) < 4.78 is 39.3. The molecule has 1 aromatic heterocycles. The van der Waals surface area contributed by atoms with Crippen LogP contribution in [0.15, 0.2) is 32.3 Å². The molecule has 9 nitrogen and oxygen atoms in total. The van der Waals surface area contributed by atoms with Gasteiger partial charge in [0.2, 0.25) is 15.9 Å². The highest BCUT2D eigenvalue weighted by molar-refractivity contribution is 7.89. The monoisotopic (exact) mass is 409 g/mol. The number of aromatic nitrogens is 1. The number of rotatable bonds is 3. The molecule has 2 aliphatic rings. The molecular formula is C18H23N3O6S. The van der Waals surface area contributed by atoms with Crippen molar-refractivity contribution in [2.24, 2.45) is 13.0 Å². The fraction of sp³-hybridized carbons (Fsp3) is 0.556. The molecule has 10 heteroatoms. The fourth-order valence-corrected chi connectivity index (χ4v) is 5.37. The highest BCUT2D eigenvalue weighted by atomic mass is 32.2. The molecule has 1 atom stereocenters. The van der Waals surface area contributed by atoms with Crippen molar-refractivity contribution in [2.75, 3.05) is 39.4 Å². The van der Waals surface area contributed by atoms with E-state index < -0.39 is 15.8 Å². The second-order valence-corrected chi connectivity index (χ2v) is 9.13. The second-order valence-electron chi connectivity index (χ2n) is 7.20. The number of fused-ring (bicyclic) bond motifs is 1. The summed E-state index contributed by atoms with van der Waals surface area (Å²) in [5, 5.41) is 0. The van der Waals surface area contributed by atoms with Gasteiger partial charge in [-0.1, -0.05) is 0 Å². The molecule has 0 spiro atoms. The molecule has 4 rings (SSSR count). The number of oxazole rings is 1. The van der Waals surface area contributed by atoms with E-state index in [-0.39, 0.29) is 28.8 Å². The number of amides is 1. The number of ether oxygens (including phenoxy) is 1. The van der Waals surface area contributed by atoms with E-state index in [0.29, 0.717) is 51.2 Å². The summed E-state index contributed by atoms with van der Waals surface area (Å²) in [7, 11) is -2.22. The number of sulfonamides is 1. The molecule has 1 unspecified atom stereocenters. The molecule has 2 aromatic rings. The Morgan fingerprint density at radius 2 is 1.93 bits per heavy atom. The third-order valence-electron chi connectivity index (χ3n) is 5.46. The topological polar surface area (TPSA) is 102 Å². The van der Waals surface area contributed by atoms with E-state index in [4.69, 9.17) is 9.15 Å². The zero-order valence-corrected chi connectivity index (χ0v) is 16.5. The minimum Gasteiger partial charge on any atom is -0.408 e. The molecule has 0 saturated carbocycles. The van der Waals surface area contributed by atoms with Gasteiger partial charge in [0, 0.05) is 39.3 Å².